The number of esters is 2. The van der Waals surface area contributed by atoms with Crippen LogP contribution in [0.3, 0.4) is 0 Å². The lowest BCUT2D eigenvalue weighted by atomic mass is 10.1. The van der Waals surface area contributed by atoms with E-state index in [0.717, 1.165) is 38.5 Å². The van der Waals surface area contributed by atoms with Gasteiger partial charge in [-0.05, 0) is 19.8 Å². The summed E-state index contributed by atoms with van der Waals surface area (Å²) in [6.45, 7) is 6.26. The minimum atomic E-state index is -0.832. The summed E-state index contributed by atoms with van der Waals surface area (Å²) >= 11 is 0. The Kier molecular flexibility index (Phi) is 18.6. The molecule has 0 bridgehead atoms. The summed E-state index contributed by atoms with van der Waals surface area (Å²) in [6.07, 6.45) is 13.3. The molecule has 0 fully saturated rings. The first-order chi connectivity index (χ1) is 14.0. The maximum atomic E-state index is 11.9. The van der Waals surface area contributed by atoms with Gasteiger partial charge in [-0.2, -0.15) is 0 Å². The Labute approximate surface area is 177 Å². The van der Waals surface area contributed by atoms with E-state index in [2.05, 4.69) is 19.2 Å². The molecule has 0 aliphatic heterocycles. The molecule has 29 heavy (non-hydrogen) atoms. The molecule has 0 saturated heterocycles. The van der Waals surface area contributed by atoms with Gasteiger partial charge in [-0.15, -0.1) is 0 Å². The number of ether oxygens (including phenoxy) is 2. The Morgan fingerprint density at radius 3 is 1.76 bits per heavy atom. The van der Waals surface area contributed by atoms with E-state index in [1.54, 1.807) is 6.92 Å². The second-order valence-corrected chi connectivity index (χ2v) is 7.68. The third-order valence-electron chi connectivity index (χ3n) is 4.81. The van der Waals surface area contributed by atoms with Gasteiger partial charge in [-0.25, -0.2) is 0 Å². The van der Waals surface area contributed by atoms with E-state index >= 15 is 0 Å². The molecule has 1 unspecified atom stereocenters. The summed E-state index contributed by atoms with van der Waals surface area (Å²) in [4.78, 5) is 35.4. The summed E-state index contributed by atoms with van der Waals surface area (Å²) in [5.41, 5.74) is 0. The Morgan fingerprint density at radius 1 is 0.724 bits per heavy atom. The highest BCUT2D eigenvalue weighted by atomic mass is 16.5. The number of amides is 1. The predicted octanol–water partition coefficient (Wildman–Crippen LogP) is 5.08. The van der Waals surface area contributed by atoms with Gasteiger partial charge in [0.2, 0.25) is 0 Å². The van der Waals surface area contributed by atoms with Gasteiger partial charge in [0.1, 0.15) is 6.61 Å². The molecule has 6 heteroatoms. The van der Waals surface area contributed by atoms with Crippen molar-refractivity contribution in [3.8, 4) is 0 Å². The van der Waals surface area contributed by atoms with Crippen molar-refractivity contribution < 1.29 is 23.9 Å². The van der Waals surface area contributed by atoms with Crippen LogP contribution in [0.5, 0.6) is 0 Å². The minimum absolute atomic E-state index is 0.138. The molecule has 0 saturated carbocycles. The van der Waals surface area contributed by atoms with Gasteiger partial charge in [-0.1, -0.05) is 78.1 Å². The van der Waals surface area contributed by atoms with Crippen LogP contribution in [0.1, 0.15) is 111 Å². The molecular formula is C23H43NO5. The Hall–Kier alpha value is -1.59. The third-order valence-corrected chi connectivity index (χ3v) is 4.81. The summed E-state index contributed by atoms with van der Waals surface area (Å²) < 4.78 is 10.3. The van der Waals surface area contributed by atoms with Gasteiger partial charge in [0.15, 0.2) is 6.10 Å². The fourth-order valence-corrected chi connectivity index (χ4v) is 2.96. The molecule has 0 aromatic carbocycles. The van der Waals surface area contributed by atoms with E-state index in [4.69, 9.17) is 9.47 Å². The standard InChI is InChI=1S/C23H43NO5/c1-4-6-8-10-12-14-16-21(25)28-19-18-24-23(27)20(3)29-22(26)17-15-13-11-9-7-5-2/h20H,4-19H2,1-3H3,(H,24,27). The van der Waals surface area contributed by atoms with E-state index in [1.165, 1.54) is 38.5 Å². The second kappa shape index (κ2) is 19.7. The summed E-state index contributed by atoms with van der Waals surface area (Å²) in [6, 6.07) is 0. The van der Waals surface area contributed by atoms with E-state index in [1.807, 2.05) is 0 Å². The molecule has 6 nitrogen and oxygen atoms in total. The lowest BCUT2D eigenvalue weighted by Gasteiger charge is -2.13. The lowest BCUT2D eigenvalue weighted by Crippen LogP contribution is -2.37. The maximum absolute atomic E-state index is 11.9. The molecule has 0 spiro atoms. The van der Waals surface area contributed by atoms with Crippen molar-refractivity contribution in [1.82, 2.24) is 5.32 Å². The van der Waals surface area contributed by atoms with Crippen molar-refractivity contribution in [2.75, 3.05) is 13.2 Å². The van der Waals surface area contributed by atoms with Crippen molar-refractivity contribution in [1.29, 1.82) is 0 Å². The molecule has 0 heterocycles. The zero-order valence-corrected chi connectivity index (χ0v) is 18.9. The van der Waals surface area contributed by atoms with Crippen molar-refractivity contribution in [3.05, 3.63) is 0 Å². The number of carbonyl (C=O) groups excluding carboxylic acids is 3. The van der Waals surface area contributed by atoms with Gasteiger partial charge >= 0.3 is 11.9 Å². The van der Waals surface area contributed by atoms with Gasteiger partial charge in [-0.3, -0.25) is 14.4 Å². The fourth-order valence-electron chi connectivity index (χ4n) is 2.96. The number of hydrogen-bond donors (Lipinski definition) is 1. The van der Waals surface area contributed by atoms with Gasteiger partial charge in [0.25, 0.3) is 5.91 Å². The van der Waals surface area contributed by atoms with Crippen LogP contribution in [-0.4, -0.2) is 37.1 Å². The molecular weight excluding hydrogens is 370 g/mol. The van der Waals surface area contributed by atoms with E-state index in [0.29, 0.717) is 12.8 Å². The molecule has 1 N–H and O–H groups in total. The van der Waals surface area contributed by atoms with Crippen LogP contribution in [0.4, 0.5) is 0 Å². The number of unbranched alkanes of at least 4 members (excludes halogenated alkanes) is 10. The van der Waals surface area contributed by atoms with Crippen molar-refractivity contribution in [2.45, 2.75) is 117 Å². The number of rotatable bonds is 19. The second-order valence-electron chi connectivity index (χ2n) is 7.68. The van der Waals surface area contributed by atoms with Crippen LogP contribution in [0, 0.1) is 0 Å². The van der Waals surface area contributed by atoms with Crippen LogP contribution < -0.4 is 5.32 Å². The quantitative estimate of drug-likeness (QED) is 0.236. The highest BCUT2D eigenvalue weighted by Crippen LogP contribution is 2.09. The first kappa shape index (κ1) is 27.4. The molecule has 1 amide bonds. The Bertz CT molecular complexity index is 439. The molecule has 0 aliphatic carbocycles. The average Bonchev–Trinajstić information content (AvgIpc) is 2.70. The molecule has 170 valence electrons. The summed E-state index contributed by atoms with van der Waals surface area (Å²) in [7, 11) is 0. The highest BCUT2D eigenvalue weighted by molar-refractivity contribution is 5.83. The van der Waals surface area contributed by atoms with Crippen LogP contribution in [-0.2, 0) is 23.9 Å². The third kappa shape index (κ3) is 18.2. The highest BCUT2D eigenvalue weighted by Gasteiger charge is 2.17. The molecule has 0 aromatic heterocycles. The van der Waals surface area contributed by atoms with Crippen molar-refractivity contribution in [2.24, 2.45) is 0 Å². The zero-order valence-electron chi connectivity index (χ0n) is 18.9. The lowest BCUT2D eigenvalue weighted by molar-refractivity contribution is -0.155. The summed E-state index contributed by atoms with van der Waals surface area (Å²) in [5, 5.41) is 2.63. The topological polar surface area (TPSA) is 81.7 Å². The number of hydrogen-bond acceptors (Lipinski definition) is 5. The molecule has 0 radical (unpaired) electrons. The number of carbonyl (C=O) groups is 3. The first-order valence-corrected chi connectivity index (χ1v) is 11.6. The fraction of sp³-hybridized carbons (Fsp3) is 0.870. The van der Waals surface area contributed by atoms with Gasteiger partial charge < -0.3 is 14.8 Å². The summed E-state index contributed by atoms with van der Waals surface area (Å²) in [5.74, 6) is -0.935. The van der Waals surface area contributed by atoms with E-state index in [-0.39, 0.29) is 31.0 Å². The van der Waals surface area contributed by atoms with Crippen LogP contribution in [0.15, 0.2) is 0 Å². The van der Waals surface area contributed by atoms with Crippen LogP contribution >= 0.6 is 0 Å². The van der Waals surface area contributed by atoms with E-state index < -0.39 is 6.10 Å². The SMILES string of the molecule is CCCCCCCCC(=O)OCCNC(=O)C(C)OC(=O)CCCCCCCC. The Balaban J connectivity index is 3.65. The molecule has 0 aromatic rings. The monoisotopic (exact) mass is 413 g/mol. The zero-order chi connectivity index (χ0) is 21.7. The molecule has 0 rings (SSSR count). The Morgan fingerprint density at radius 2 is 1.21 bits per heavy atom. The van der Waals surface area contributed by atoms with Crippen LogP contribution in [0.25, 0.3) is 0 Å². The normalized spacial score (nSPS) is 11.7. The smallest absolute Gasteiger partial charge is 0.306 e. The molecule has 0 aliphatic rings. The maximum Gasteiger partial charge on any atom is 0.306 e. The number of nitrogens with one attached hydrogen (secondary N) is 1. The van der Waals surface area contributed by atoms with Crippen molar-refractivity contribution in [3.63, 3.8) is 0 Å². The van der Waals surface area contributed by atoms with E-state index in [9.17, 15) is 14.4 Å². The average molecular weight is 414 g/mol. The molecule has 1 atom stereocenters. The van der Waals surface area contributed by atoms with Gasteiger partial charge in [0.05, 0.1) is 6.54 Å². The predicted molar refractivity (Wildman–Crippen MR) is 116 cm³/mol. The van der Waals surface area contributed by atoms with Crippen molar-refractivity contribution >= 4 is 17.8 Å². The largest absolute Gasteiger partial charge is 0.464 e. The van der Waals surface area contributed by atoms with Gasteiger partial charge in [0, 0.05) is 12.8 Å². The first-order valence-electron chi connectivity index (χ1n) is 11.6. The van der Waals surface area contributed by atoms with Crippen LogP contribution in [0.2, 0.25) is 0 Å². The minimum Gasteiger partial charge on any atom is -0.464 e.